The average Bonchev–Trinajstić information content (AvgIpc) is 3.10. The number of hydrogen-bond donors (Lipinski definition) is 2. The SMILES string of the molecule is CCc1oc2ccccc2c1CN(C)C(=O)C1CC(O)CN1.Cl. The third-order valence-corrected chi connectivity index (χ3v) is 4.28. The van der Waals surface area contributed by atoms with Gasteiger partial charge in [0.1, 0.15) is 11.3 Å². The van der Waals surface area contributed by atoms with E-state index in [1.54, 1.807) is 11.9 Å². The molecule has 0 saturated carbocycles. The van der Waals surface area contributed by atoms with Gasteiger partial charge in [0, 0.05) is 37.5 Å². The van der Waals surface area contributed by atoms with Gasteiger partial charge in [-0.1, -0.05) is 25.1 Å². The summed E-state index contributed by atoms with van der Waals surface area (Å²) in [7, 11) is 1.80. The lowest BCUT2D eigenvalue weighted by molar-refractivity contribution is -0.132. The number of β-amino-alcohol motifs (C(OH)–C–C–N with tert-alkyl or cyclic N) is 1. The van der Waals surface area contributed by atoms with Crippen LogP contribution in [0.1, 0.15) is 24.7 Å². The fourth-order valence-electron chi connectivity index (χ4n) is 3.09. The summed E-state index contributed by atoms with van der Waals surface area (Å²) in [6.45, 7) is 3.06. The highest BCUT2D eigenvalue weighted by Crippen LogP contribution is 2.27. The molecule has 5 nitrogen and oxygen atoms in total. The van der Waals surface area contributed by atoms with Crippen molar-refractivity contribution in [2.75, 3.05) is 13.6 Å². The van der Waals surface area contributed by atoms with Crippen LogP contribution in [-0.4, -0.2) is 41.7 Å². The smallest absolute Gasteiger partial charge is 0.239 e. The highest BCUT2D eigenvalue weighted by molar-refractivity contribution is 5.85. The molecule has 6 heteroatoms. The zero-order chi connectivity index (χ0) is 15.7. The average molecular weight is 339 g/mol. The molecule has 2 heterocycles. The van der Waals surface area contributed by atoms with Crippen LogP contribution in [0.3, 0.4) is 0 Å². The third kappa shape index (κ3) is 3.52. The van der Waals surface area contributed by atoms with Crippen molar-refractivity contribution in [3.63, 3.8) is 0 Å². The predicted octanol–water partition coefficient (Wildman–Crippen LogP) is 2.10. The molecule has 0 bridgehead atoms. The lowest BCUT2D eigenvalue weighted by atomic mass is 10.1. The van der Waals surface area contributed by atoms with Crippen LogP contribution < -0.4 is 5.32 Å². The van der Waals surface area contributed by atoms with Gasteiger partial charge in [-0.3, -0.25) is 4.79 Å². The van der Waals surface area contributed by atoms with Gasteiger partial charge in [0.2, 0.25) is 5.91 Å². The quantitative estimate of drug-likeness (QED) is 0.896. The molecule has 1 aromatic heterocycles. The number of likely N-dealkylation sites (N-methyl/N-ethyl adjacent to an activating group) is 1. The predicted molar refractivity (Wildman–Crippen MR) is 91.7 cm³/mol. The second-order valence-electron chi connectivity index (χ2n) is 5.90. The Labute approximate surface area is 142 Å². The van der Waals surface area contributed by atoms with Crippen LogP contribution >= 0.6 is 12.4 Å². The summed E-state index contributed by atoms with van der Waals surface area (Å²) < 4.78 is 5.88. The summed E-state index contributed by atoms with van der Waals surface area (Å²) in [5.74, 6) is 0.948. The Kier molecular flexibility index (Phi) is 5.68. The Morgan fingerprint density at radius 1 is 1.43 bits per heavy atom. The number of benzene rings is 1. The monoisotopic (exact) mass is 338 g/mol. The summed E-state index contributed by atoms with van der Waals surface area (Å²) >= 11 is 0. The van der Waals surface area contributed by atoms with Gasteiger partial charge in [0.05, 0.1) is 12.1 Å². The summed E-state index contributed by atoms with van der Waals surface area (Å²) in [6, 6.07) is 7.63. The molecule has 3 rings (SSSR count). The molecular weight excluding hydrogens is 316 g/mol. The molecule has 2 N–H and O–H groups in total. The topological polar surface area (TPSA) is 65.7 Å². The number of aliphatic hydroxyl groups is 1. The number of halogens is 1. The summed E-state index contributed by atoms with van der Waals surface area (Å²) in [4.78, 5) is 14.2. The lowest BCUT2D eigenvalue weighted by Crippen LogP contribution is -2.41. The number of nitrogens with one attached hydrogen (secondary N) is 1. The minimum atomic E-state index is -0.427. The van der Waals surface area contributed by atoms with Crippen LogP contribution in [0.15, 0.2) is 28.7 Å². The zero-order valence-electron chi connectivity index (χ0n) is 13.4. The van der Waals surface area contributed by atoms with E-state index in [2.05, 4.69) is 12.2 Å². The molecule has 1 saturated heterocycles. The zero-order valence-corrected chi connectivity index (χ0v) is 14.2. The van der Waals surface area contributed by atoms with Crippen molar-refractivity contribution >= 4 is 29.3 Å². The molecule has 2 unspecified atom stereocenters. The van der Waals surface area contributed by atoms with E-state index in [1.165, 1.54) is 0 Å². The molecule has 0 aliphatic carbocycles. The molecule has 1 aromatic carbocycles. The molecule has 1 amide bonds. The van der Waals surface area contributed by atoms with Gasteiger partial charge in [-0.15, -0.1) is 12.4 Å². The fraction of sp³-hybridized carbons (Fsp3) is 0.471. The standard InChI is InChI=1S/C17H22N2O3.ClH/c1-3-15-13(12-6-4-5-7-16(12)22-15)10-19(2)17(21)14-8-11(20)9-18-14;/h4-7,11,14,18,20H,3,8-10H2,1-2H3;1H. The number of carbonyl (C=O) groups excluding carboxylic acids is 1. The van der Waals surface area contributed by atoms with Crippen LogP contribution in [0.2, 0.25) is 0 Å². The molecule has 1 fully saturated rings. The van der Waals surface area contributed by atoms with Crippen molar-refractivity contribution < 1.29 is 14.3 Å². The summed E-state index contributed by atoms with van der Waals surface area (Å²) in [5.41, 5.74) is 1.94. The number of aliphatic hydroxyl groups excluding tert-OH is 1. The van der Waals surface area contributed by atoms with E-state index in [-0.39, 0.29) is 24.4 Å². The van der Waals surface area contributed by atoms with Gasteiger partial charge in [-0.2, -0.15) is 0 Å². The minimum absolute atomic E-state index is 0. The molecular formula is C17H23ClN2O3. The van der Waals surface area contributed by atoms with Crippen LogP contribution in [0.25, 0.3) is 11.0 Å². The molecule has 0 spiro atoms. The maximum absolute atomic E-state index is 12.5. The molecule has 2 aromatic rings. The Hall–Kier alpha value is -1.56. The number of para-hydroxylation sites is 1. The lowest BCUT2D eigenvalue weighted by Gasteiger charge is -2.21. The Morgan fingerprint density at radius 3 is 2.83 bits per heavy atom. The number of hydrogen-bond acceptors (Lipinski definition) is 4. The fourth-order valence-corrected chi connectivity index (χ4v) is 3.09. The van der Waals surface area contributed by atoms with Crippen molar-refractivity contribution in [3.05, 3.63) is 35.6 Å². The molecule has 126 valence electrons. The highest BCUT2D eigenvalue weighted by Gasteiger charge is 2.30. The van der Waals surface area contributed by atoms with E-state index < -0.39 is 6.10 Å². The van der Waals surface area contributed by atoms with Gasteiger partial charge in [0.15, 0.2) is 0 Å². The Balaban J connectivity index is 0.00000192. The molecule has 1 aliphatic heterocycles. The van der Waals surface area contributed by atoms with Crippen LogP contribution in [0.5, 0.6) is 0 Å². The van der Waals surface area contributed by atoms with E-state index in [4.69, 9.17) is 4.42 Å². The van der Waals surface area contributed by atoms with E-state index in [0.29, 0.717) is 19.5 Å². The second kappa shape index (κ2) is 7.34. The van der Waals surface area contributed by atoms with Crippen LogP contribution in [0, 0.1) is 0 Å². The second-order valence-corrected chi connectivity index (χ2v) is 5.90. The number of amides is 1. The minimum Gasteiger partial charge on any atom is -0.461 e. The first-order valence-corrected chi connectivity index (χ1v) is 7.75. The number of carbonyl (C=O) groups is 1. The van der Waals surface area contributed by atoms with Gasteiger partial charge in [0.25, 0.3) is 0 Å². The number of nitrogens with zero attached hydrogens (tertiary/aromatic N) is 1. The molecule has 1 aliphatic rings. The van der Waals surface area contributed by atoms with Crippen molar-refractivity contribution in [1.29, 1.82) is 0 Å². The first kappa shape index (κ1) is 17.8. The maximum atomic E-state index is 12.5. The molecule has 0 radical (unpaired) electrons. The van der Waals surface area contributed by atoms with E-state index >= 15 is 0 Å². The normalized spacial score (nSPS) is 20.5. The summed E-state index contributed by atoms with van der Waals surface area (Å²) in [5, 5.41) is 13.7. The molecule has 23 heavy (non-hydrogen) atoms. The van der Waals surface area contributed by atoms with Crippen LogP contribution in [0.4, 0.5) is 0 Å². The largest absolute Gasteiger partial charge is 0.461 e. The van der Waals surface area contributed by atoms with Gasteiger partial charge in [-0.25, -0.2) is 0 Å². The number of rotatable bonds is 4. The first-order valence-electron chi connectivity index (χ1n) is 7.75. The van der Waals surface area contributed by atoms with Gasteiger partial charge in [-0.05, 0) is 12.5 Å². The Morgan fingerprint density at radius 2 is 2.17 bits per heavy atom. The number of aryl methyl sites for hydroxylation is 1. The number of fused-ring (bicyclic) bond motifs is 1. The van der Waals surface area contributed by atoms with Crippen LogP contribution in [-0.2, 0) is 17.8 Å². The van der Waals surface area contributed by atoms with E-state index in [1.807, 2.05) is 24.3 Å². The highest BCUT2D eigenvalue weighted by atomic mass is 35.5. The van der Waals surface area contributed by atoms with Crippen molar-refractivity contribution in [2.45, 2.75) is 38.5 Å². The number of furan rings is 1. The third-order valence-electron chi connectivity index (χ3n) is 4.28. The van der Waals surface area contributed by atoms with Gasteiger partial charge >= 0.3 is 0 Å². The van der Waals surface area contributed by atoms with Crippen molar-refractivity contribution in [2.24, 2.45) is 0 Å². The first-order chi connectivity index (χ1) is 10.6. The molecule has 2 atom stereocenters. The Bertz CT molecular complexity index is 686. The summed E-state index contributed by atoms with van der Waals surface area (Å²) in [6.07, 6.45) is 0.853. The van der Waals surface area contributed by atoms with Crippen molar-refractivity contribution in [1.82, 2.24) is 10.2 Å². The van der Waals surface area contributed by atoms with Crippen molar-refractivity contribution in [3.8, 4) is 0 Å². The van der Waals surface area contributed by atoms with E-state index in [0.717, 1.165) is 28.7 Å². The van der Waals surface area contributed by atoms with Gasteiger partial charge < -0.3 is 19.7 Å². The van der Waals surface area contributed by atoms with E-state index in [9.17, 15) is 9.90 Å². The maximum Gasteiger partial charge on any atom is 0.239 e.